The molecule has 0 bridgehead atoms. The quantitative estimate of drug-likeness (QED) is 0.440. The Morgan fingerprint density at radius 2 is 2.10 bits per heavy atom. The molecule has 2 atom stereocenters. The SMILES string of the molecule is C=C(C)CN1C(N/N=C(C)/C=C/c2ccccc2Cl)=NC2C1C(=O)NC(=O)N2C. The predicted molar refractivity (Wildman–Crippen MR) is 115 cm³/mol. The number of allylic oxidation sites excluding steroid dienone is 1. The van der Waals surface area contributed by atoms with Crippen molar-refractivity contribution in [3.63, 3.8) is 0 Å². The van der Waals surface area contributed by atoms with Gasteiger partial charge in [0.2, 0.25) is 5.96 Å². The lowest BCUT2D eigenvalue weighted by molar-refractivity contribution is -0.127. The zero-order valence-corrected chi connectivity index (χ0v) is 17.3. The van der Waals surface area contributed by atoms with E-state index in [0.717, 1.165) is 11.1 Å². The molecular weight excluding hydrogens is 392 g/mol. The van der Waals surface area contributed by atoms with Crippen LogP contribution in [0.4, 0.5) is 4.79 Å². The van der Waals surface area contributed by atoms with Crippen molar-refractivity contribution >= 4 is 41.3 Å². The smallest absolute Gasteiger partial charge is 0.322 e. The third kappa shape index (κ3) is 4.48. The second kappa shape index (κ2) is 8.48. The minimum absolute atomic E-state index is 0.390. The van der Waals surface area contributed by atoms with Crippen LogP contribution in [-0.4, -0.2) is 59.2 Å². The van der Waals surface area contributed by atoms with Crippen molar-refractivity contribution in [2.75, 3.05) is 13.6 Å². The molecule has 0 radical (unpaired) electrons. The monoisotopic (exact) mass is 414 g/mol. The van der Waals surface area contributed by atoms with Crippen LogP contribution < -0.4 is 10.7 Å². The number of rotatable bonds is 5. The number of guanidine groups is 1. The number of imide groups is 1. The molecule has 3 amide bonds. The van der Waals surface area contributed by atoms with E-state index in [1.165, 1.54) is 4.90 Å². The molecule has 2 unspecified atom stereocenters. The highest BCUT2D eigenvalue weighted by molar-refractivity contribution is 6.32. The molecular formula is C20H23ClN6O2. The molecule has 1 fully saturated rings. The third-order valence-electron chi connectivity index (χ3n) is 4.54. The summed E-state index contributed by atoms with van der Waals surface area (Å²) in [6, 6.07) is 6.40. The summed E-state index contributed by atoms with van der Waals surface area (Å²) in [6.07, 6.45) is 3.07. The highest BCUT2D eigenvalue weighted by atomic mass is 35.5. The number of hydrazone groups is 1. The molecule has 152 valence electrons. The number of nitrogens with one attached hydrogen (secondary N) is 2. The molecule has 8 nitrogen and oxygen atoms in total. The van der Waals surface area contributed by atoms with E-state index in [0.29, 0.717) is 23.2 Å². The minimum atomic E-state index is -0.633. The van der Waals surface area contributed by atoms with E-state index >= 15 is 0 Å². The zero-order chi connectivity index (χ0) is 21.1. The number of nitrogens with zero attached hydrogens (tertiary/aromatic N) is 4. The van der Waals surface area contributed by atoms with E-state index in [2.05, 4.69) is 27.4 Å². The summed E-state index contributed by atoms with van der Waals surface area (Å²) in [5.41, 5.74) is 5.34. The molecule has 1 aromatic rings. The molecule has 0 spiro atoms. The molecule has 0 aliphatic carbocycles. The summed E-state index contributed by atoms with van der Waals surface area (Å²) in [6.45, 7) is 8.02. The lowest BCUT2D eigenvalue weighted by Crippen LogP contribution is -2.64. The first-order valence-electron chi connectivity index (χ1n) is 9.07. The molecule has 9 heteroatoms. The summed E-state index contributed by atoms with van der Waals surface area (Å²) >= 11 is 6.15. The highest BCUT2D eigenvalue weighted by Crippen LogP contribution is 2.24. The Balaban J connectivity index is 1.79. The van der Waals surface area contributed by atoms with Crippen LogP contribution in [-0.2, 0) is 4.79 Å². The molecule has 2 heterocycles. The summed E-state index contributed by atoms with van der Waals surface area (Å²) in [7, 11) is 1.60. The van der Waals surface area contributed by atoms with Crippen molar-refractivity contribution in [2.24, 2.45) is 10.1 Å². The molecule has 2 aliphatic rings. The van der Waals surface area contributed by atoms with Crippen molar-refractivity contribution in [3.8, 4) is 0 Å². The van der Waals surface area contributed by atoms with Crippen LogP contribution in [0, 0.1) is 0 Å². The first-order valence-corrected chi connectivity index (χ1v) is 9.45. The van der Waals surface area contributed by atoms with E-state index in [4.69, 9.17) is 11.6 Å². The molecule has 1 aromatic carbocycles. The van der Waals surface area contributed by atoms with Crippen molar-refractivity contribution in [1.82, 2.24) is 20.5 Å². The normalized spacial score (nSPS) is 21.9. The van der Waals surface area contributed by atoms with Crippen LogP contribution >= 0.6 is 11.6 Å². The Labute approximate surface area is 174 Å². The van der Waals surface area contributed by atoms with Gasteiger partial charge in [-0.15, -0.1) is 0 Å². The largest absolute Gasteiger partial charge is 0.325 e. The number of halogens is 1. The van der Waals surface area contributed by atoms with E-state index < -0.39 is 18.2 Å². The maximum absolute atomic E-state index is 12.4. The van der Waals surface area contributed by atoms with Gasteiger partial charge in [0.25, 0.3) is 5.91 Å². The van der Waals surface area contributed by atoms with E-state index in [9.17, 15) is 9.59 Å². The molecule has 1 saturated heterocycles. The first kappa shape index (κ1) is 20.6. The number of aliphatic imine (C=N–C) groups is 1. The van der Waals surface area contributed by atoms with E-state index in [1.807, 2.05) is 50.3 Å². The molecule has 2 aliphatic heterocycles. The molecule has 2 N–H and O–H groups in total. The Hall–Kier alpha value is -3.13. The van der Waals surface area contributed by atoms with Gasteiger partial charge in [-0.05, 0) is 31.6 Å². The predicted octanol–water partition coefficient (Wildman–Crippen LogP) is 2.44. The second-order valence-corrected chi connectivity index (χ2v) is 7.43. The summed E-state index contributed by atoms with van der Waals surface area (Å²) < 4.78 is 0. The van der Waals surface area contributed by atoms with Gasteiger partial charge in [0.15, 0.2) is 12.2 Å². The number of hydrogen-bond donors (Lipinski definition) is 2. The summed E-state index contributed by atoms with van der Waals surface area (Å²) in [5, 5.41) is 7.34. The number of benzene rings is 1. The number of fused-ring (bicyclic) bond motifs is 1. The third-order valence-corrected chi connectivity index (χ3v) is 4.89. The van der Waals surface area contributed by atoms with Gasteiger partial charge in [-0.1, -0.05) is 48.0 Å². The Kier molecular flexibility index (Phi) is 6.03. The van der Waals surface area contributed by atoms with E-state index in [1.54, 1.807) is 11.9 Å². The molecule has 0 saturated carbocycles. The van der Waals surface area contributed by atoms with Gasteiger partial charge in [0.05, 0.1) is 5.71 Å². The number of urea groups is 1. The number of carbonyl (C=O) groups is 2. The number of likely N-dealkylation sites (N-methyl/N-ethyl adjacent to an activating group) is 1. The maximum atomic E-state index is 12.4. The highest BCUT2D eigenvalue weighted by Gasteiger charge is 2.48. The van der Waals surface area contributed by atoms with Crippen LogP contribution in [0.5, 0.6) is 0 Å². The van der Waals surface area contributed by atoms with Crippen molar-refractivity contribution in [2.45, 2.75) is 26.1 Å². The van der Waals surface area contributed by atoms with Crippen molar-refractivity contribution in [1.29, 1.82) is 0 Å². The fourth-order valence-corrected chi connectivity index (χ4v) is 3.28. The fourth-order valence-electron chi connectivity index (χ4n) is 3.08. The Bertz CT molecular complexity index is 939. The van der Waals surface area contributed by atoms with Gasteiger partial charge in [0.1, 0.15) is 0 Å². The number of hydrogen-bond acceptors (Lipinski definition) is 6. The van der Waals surface area contributed by atoms with Crippen LogP contribution in [0.3, 0.4) is 0 Å². The summed E-state index contributed by atoms with van der Waals surface area (Å²) in [5.74, 6) is 0.0180. The Morgan fingerprint density at radius 3 is 2.79 bits per heavy atom. The van der Waals surface area contributed by atoms with Gasteiger partial charge < -0.3 is 9.80 Å². The maximum Gasteiger partial charge on any atom is 0.325 e. The van der Waals surface area contributed by atoms with Crippen LogP contribution in [0.2, 0.25) is 5.02 Å². The van der Waals surface area contributed by atoms with Crippen LogP contribution in [0.25, 0.3) is 6.08 Å². The van der Waals surface area contributed by atoms with Gasteiger partial charge in [0, 0.05) is 18.6 Å². The van der Waals surface area contributed by atoms with Gasteiger partial charge in [-0.25, -0.2) is 15.2 Å². The van der Waals surface area contributed by atoms with Gasteiger partial charge in [-0.2, -0.15) is 5.10 Å². The van der Waals surface area contributed by atoms with Crippen LogP contribution in [0.15, 0.2) is 52.6 Å². The number of carbonyl (C=O) groups excluding carboxylic acids is 2. The molecule has 3 rings (SSSR count). The minimum Gasteiger partial charge on any atom is -0.322 e. The van der Waals surface area contributed by atoms with Crippen LogP contribution in [0.1, 0.15) is 19.4 Å². The summed E-state index contributed by atoms with van der Waals surface area (Å²) in [4.78, 5) is 32.0. The Morgan fingerprint density at radius 1 is 1.38 bits per heavy atom. The van der Waals surface area contributed by atoms with Crippen molar-refractivity contribution in [3.05, 3.63) is 53.1 Å². The molecule has 29 heavy (non-hydrogen) atoms. The second-order valence-electron chi connectivity index (χ2n) is 7.02. The average molecular weight is 415 g/mol. The fraction of sp³-hybridized carbons (Fsp3) is 0.300. The standard InChI is InChI=1S/C20H23ClN6O2/c1-12(2)11-27-16-17(26(4)20(29)23-18(16)28)22-19(27)25-24-13(3)9-10-14-7-5-6-8-15(14)21/h5-10,16-17H,1,11H2,2-4H3,(H,22,25)(H,23,28,29)/b10-9+,24-13+. The zero-order valence-electron chi connectivity index (χ0n) is 16.5. The lowest BCUT2D eigenvalue weighted by atomic mass is 10.1. The van der Waals surface area contributed by atoms with Gasteiger partial charge >= 0.3 is 6.03 Å². The van der Waals surface area contributed by atoms with Gasteiger partial charge in [-0.3, -0.25) is 10.1 Å². The van der Waals surface area contributed by atoms with E-state index in [-0.39, 0.29) is 5.91 Å². The first-order chi connectivity index (χ1) is 13.8. The number of amides is 3. The average Bonchev–Trinajstić information content (AvgIpc) is 3.02. The molecule has 0 aromatic heterocycles. The topological polar surface area (TPSA) is 89.4 Å². The van der Waals surface area contributed by atoms with Crippen molar-refractivity contribution < 1.29 is 9.59 Å². The lowest BCUT2D eigenvalue weighted by Gasteiger charge is -2.36.